The number of amides is 3. The molecule has 2 aliphatic heterocycles. The van der Waals surface area contributed by atoms with E-state index in [1.165, 1.54) is 19.3 Å². The highest BCUT2D eigenvalue weighted by Crippen LogP contribution is 2.30. The van der Waals surface area contributed by atoms with Gasteiger partial charge in [0.15, 0.2) is 0 Å². The Kier molecular flexibility index (Phi) is 6.39. The minimum Gasteiger partial charge on any atom is -0.496 e. The minimum absolute atomic E-state index is 0.101. The van der Waals surface area contributed by atoms with E-state index in [9.17, 15) is 9.59 Å². The van der Waals surface area contributed by atoms with Crippen LogP contribution in [-0.4, -0.2) is 37.0 Å². The van der Waals surface area contributed by atoms with Crippen molar-refractivity contribution in [3.63, 3.8) is 0 Å². The smallest absolute Gasteiger partial charge is 0.329 e. The van der Waals surface area contributed by atoms with Crippen molar-refractivity contribution in [1.82, 2.24) is 10.2 Å². The Bertz CT molecular complexity index is 1050. The standard InChI is InChI=1S/C23H23Cl2N3O3/c1-31-21-13-17(27-9-3-2-4-10-27)7-6-16(21)12-20-22(29)28(23(30)26-20)14-15-5-8-18(24)19(25)11-15/h5-8,11-13H,2-4,9-10,14H2,1H3,(H,26,30)/b20-12-. The van der Waals surface area contributed by atoms with E-state index in [0.717, 1.165) is 29.2 Å². The minimum atomic E-state index is -0.480. The van der Waals surface area contributed by atoms with E-state index < -0.39 is 11.9 Å². The second kappa shape index (κ2) is 9.20. The van der Waals surface area contributed by atoms with Crippen molar-refractivity contribution in [1.29, 1.82) is 0 Å². The van der Waals surface area contributed by atoms with Crippen LogP contribution in [0, 0.1) is 0 Å². The van der Waals surface area contributed by atoms with Gasteiger partial charge in [0.1, 0.15) is 11.4 Å². The van der Waals surface area contributed by atoms with Gasteiger partial charge in [-0.3, -0.25) is 9.69 Å². The first-order chi connectivity index (χ1) is 15.0. The maximum Gasteiger partial charge on any atom is 0.329 e. The van der Waals surface area contributed by atoms with Crippen molar-refractivity contribution < 1.29 is 14.3 Å². The highest BCUT2D eigenvalue weighted by atomic mass is 35.5. The van der Waals surface area contributed by atoms with Gasteiger partial charge in [0, 0.05) is 30.4 Å². The van der Waals surface area contributed by atoms with Crippen LogP contribution in [0.25, 0.3) is 6.08 Å². The van der Waals surface area contributed by atoms with Gasteiger partial charge in [-0.1, -0.05) is 29.3 Å². The SMILES string of the molecule is COc1cc(N2CCCCC2)ccc1/C=C1\NC(=O)N(Cc2ccc(Cl)c(Cl)c2)C1=O. The van der Waals surface area contributed by atoms with Gasteiger partial charge in [0.05, 0.1) is 23.7 Å². The molecule has 2 heterocycles. The lowest BCUT2D eigenvalue weighted by Gasteiger charge is -2.29. The van der Waals surface area contributed by atoms with Crippen LogP contribution >= 0.6 is 23.2 Å². The third-order valence-electron chi connectivity index (χ3n) is 5.53. The number of rotatable bonds is 5. The van der Waals surface area contributed by atoms with Crippen molar-refractivity contribution in [3.05, 3.63) is 63.3 Å². The van der Waals surface area contributed by atoms with Crippen LogP contribution in [0.4, 0.5) is 10.5 Å². The van der Waals surface area contributed by atoms with E-state index in [1.807, 2.05) is 18.2 Å². The quantitative estimate of drug-likeness (QED) is 0.499. The molecule has 2 aliphatic rings. The molecule has 0 aromatic heterocycles. The number of carbonyl (C=O) groups excluding carboxylic acids is 2. The molecule has 0 unspecified atom stereocenters. The average Bonchev–Trinajstić information content (AvgIpc) is 3.04. The van der Waals surface area contributed by atoms with Crippen molar-refractivity contribution in [2.45, 2.75) is 25.8 Å². The highest BCUT2D eigenvalue weighted by Gasteiger charge is 2.33. The maximum atomic E-state index is 12.9. The van der Waals surface area contributed by atoms with Gasteiger partial charge in [0.2, 0.25) is 0 Å². The van der Waals surface area contributed by atoms with Crippen molar-refractivity contribution in [2.24, 2.45) is 0 Å². The second-order valence-corrected chi connectivity index (χ2v) is 8.42. The Hall–Kier alpha value is -2.70. The number of nitrogens with zero attached hydrogens (tertiary/aromatic N) is 2. The fourth-order valence-electron chi connectivity index (χ4n) is 3.86. The molecule has 1 N–H and O–H groups in total. The Morgan fingerprint density at radius 1 is 1.03 bits per heavy atom. The van der Waals surface area contributed by atoms with Crippen LogP contribution in [0.1, 0.15) is 30.4 Å². The molecule has 0 saturated carbocycles. The lowest BCUT2D eigenvalue weighted by atomic mass is 10.1. The number of urea groups is 1. The number of imide groups is 1. The van der Waals surface area contributed by atoms with Gasteiger partial charge in [0.25, 0.3) is 5.91 Å². The summed E-state index contributed by atoms with van der Waals surface area (Å²) >= 11 is 12.0. The number of carbonyl (C=O) groups is 2. The Balaban J connectivity index is 1.55. The monoisotopic (exact) mass is 459 g/mol. The van der Waals surface area contributed by atoms with Crippen LogP contribution in [0.15, 0.2) is 42.1 Å². The first-order valence-corrected chi connectivity index (χ1v) is 10.9. The lowest BCUT2D eigenvalue weighted by Crippen LogP contribution is -2.30. The summed E-state index contributed by atoms with van der Waals surface area (Å²) in [7, 11) is 1.60. The van der Waals surface area contributed by atoms with Crippen LogP contribution in [-0.2, 0) is 11.3 Å². The van der Waals surface area contributed by atoms with E-state index in [2.05, 4.69) is 10.2 Å². The molecule has 6 nitrogen and oxygen atoms in total. The van der Waals surface area contributed by atoms with Gasteiger partial charge in [-0.15, -0.1) is 0 Å². The summed E-state index contributed by atoms with van der Waals surface area (Å²) in [5, 5.41) is 3.45. The third-order valence-corrected chi connectivity index (χ3v) is 6.26. The number of hydrogen-bond acceptors (Lipinski definition) is 4. The van der Waals surface area contributed by atoms with Crippen molar-refractivity contribution in [2.75, 3.05) is 25.1 Å². The number of methoxy groups -OCH3 is 1. The Morgan fingerprint density at radius 2 is 1.81 bits per heavy atom. The average molecular weight is 460 g/mol. The van der Waals surface area contributed by atoms with Crippen LogP contribution < -0.4 is 15.0 Å². The fourth-order valence-corrected chi connectivity index (χ4v) is 4.18. The molecule has 2 fully saturated rings. The molecule has 0 atom stereocenters. The zero-order valence-electron chi connectivity index (χ0n) is 17.2. The normalized spacial score (nSPS) is 18.0. The summed E-state index contributed by atoms with van der Waals surface area (Å²) in [4.78, 5) is 28.7. The summed E-state index contributed by atoms with van der Waals surface area (Å²) < 4.78 is 5.56. The molecule has 0 aliphatic carbocycles. The van der Waals surface area contributed by atoms with Crippen LogP contribution in [0.2, 0.25) is 10.0 Å². The molecular weight excluding hydrogens is 437 g/mol. The predicted octanol–water partition coefficient (Wildman–Crippen LogP) is 5.09. The van der Waals surface area contributed by atoms with Gasteiger partial charge in [-0.2, -0.15) is 0 Å². The summed E-state index contributed by atoms with van der Waals surface area (Å²) in [5.74, 6) is 0.249. The molecular formula is C23H23Cl2N3O3. The third kappa shape index (κ3) is 4.65. The van der Waals surface area contributed by atoms with Crippen LogP contribution in [0.5, 0.6) is 5.75 Å². The molecule has 31 heavy (non-hydrogen) atoms. The zero-order chi connectivity index (χ0) is 22.0. The molecule has 2 aromatic rings. The zero-order valence-corrected chi connectivity index (χ0v) is 18.7. The number of halogens is 2. The fraction of sp³-hybridized carbons (Fsp3) is 0.304. The molecule has 162 valence electrons. The molecule has 2 saturated heterocycles. The summed E-state index contributed by atoms with van der Waals surface area (Å²) in [6, 6.07) is 10.5. The topological polar surface area (TPSA) is 61.9 Å². The molecule has 3 amide bonds. The number of hydrogen-bond donors (Lipinski definition) is 1. The number of piperidine rings is 1. The number of nitrogens with one attached hydrogen (secondary N) is 1. The van der Waals surface area contributed by atoms with E-state index in [1.54, 1.807) is 31.4 Å². The number of ether oxygens (including phenoxy) is 1. The Morgan fingerprint density at radius 3 is 2.52 bits per heavy atom. The summed E-state index contributed by atoms with van der Waals surface area (Å²) in [5.41, 5.74) is 2.74. The molecule has 4 rings (SSSR count). The highest BCUT2D eigenvalue weighted by molar-refractivity contribution is 6.42. The lowest BCUT2D eigenvalue weighted by molar-refractivity contribution is -0.123. The maximum absolute atomic E-state index is 12.9. The van der Waals surface area contributed by atoms with E-state index >= 15 is 0 Å². The van der Waals surface area contributed by atoms with Gasteiger partial charge in [-0.05, 0) is 55.2 Å². The molecule has 0 radical (unpaired) electrons. The first kappa shape index (κ1) is 21.5. The van der Waals surface area contributed by atoms with Crippen molar-refractivity contribution in [3.8, 4) is 5.75 Å². The first-order valence-electron chi connectivity index (χ1n) is 10.2. The molecule has 0 spiro atoms. The van der Waals surface area contributed by atoms with Crippen LogP contribution in [0.3, 0.4) is 0 Å². The van der Waals surface area contributed by atoms with E-state index in [4.69, 9.17) is 27.9 Å². The summed E-state index contributed by atoms with van der Waals surface area (Å²) in [6.45, 7) is 2.16. The van der Waals surface area contributed by atoms with E-state index in [-0.39, 0.29) is 12.2 Å². The number of benzene rings is 2. The molecule has 8 heteroatoms. The Labute approximate surface area is 191 Å². The largest absolute Gasteiger partial charge is 0.496 e. The summed E-state index contributed by atoms with van der Waals surface area (Å²) in [6.07, 6.45) is 5.28. The number of anilines is 1. The van der Waals surface area contributed by atoms with Crippen molar-refractivity contribution >= 4 is 46.9 Å². The molecule has 2 aromatic carbocycles. The second-order valence-electron chi connectivity index (χ2n) is 7.60. The van der Waals surface area contributed by atoms with Gasteiger partial charge in [-0.25, -0.2) is 4.79 Å². The molecule has 0 bridgehead atoms. The predicted molar refractivity (Wildman–Crippen MR) is 123 cm³/mol. The van der Waals surface area contributed by atoms with Gasteiger partial charge >= 0.3 is 6.03 Å². The van der Waals surface area contributed by atoms with E-state index in [0.29, 0.717) is 21.4 Å². The van der Waals surface area contributed by atoms with Gasteiger partial charge < -0.3 is 15.0 Å².